The number of rotatable bonds is 37. The Labute approximate surface area is 333 Å². The number of allylic oxidation sites excluding steroid dienone is 4. The van der Waals surface area contributed by atoms with Crippen LogP contribution in [0, 0.1) is 0 Å². The van der Waals surface area contributed by atoms with Crippen molar-refractivity contribution in [2.45, 2.75) is 211 Å². The topological polar surface area (TPSA) is 178 Å². The largest absolute Gasteiger partial charge is 0.457 e. The first-order valence-corrected chi connectivity index (χ1v) is 23.0. The molecule has 0 aromatic rings. The highest BCUT2D eigenvalue weighted by Crippen LogP contribution is 2.26. The van der Waals surface area contributed by atoms with Gasteiger partial charge in [-0.25, -0.2) is 4.18 Å². The van der Waals surface area contributed by atoms with E-state index in [0.29, 0.717) is 13.0 Å². The van der Waals surface area contributed by atoms with Crippen LogP contribution in [-0.2, 0) is 38.3 Å². The van der Waals surface area contributed by atoms with Gasteiger partial charge in [0.25, 0.3) is 0 Å². The van der Waals surface area contributed by atoms with Crippen LogP contribution in [0.4, 0.5) is 0 Å². The number of esters is 1. The van der Waals surface area contributed by atoms with Crippen LogP contribution in [-0.4, -0.2) is 97.5 Å². The van der Waals surface area contributed by atoms with Gasteiger partial charge in [-0.1, -0.05) is 134 Å². The maximum absolute atomic E-state index is 12.8. The number of carbonyl (C=O) groups excluding carboxylic acids is 1. The molecule has 0 amide bonds. The number of unbranched alkanes of at least 4 members (excludes halogenated alkanes) is 20. The molecule has 1 saturated heterocycles. The fourth-order valence-corrected chi connectivity index (χ4v) is 6.98. The monoisotopic (exact) mass is 807 g/mol. The Balaban J connectivity index is 2.46. The highest BCUT2D eigenvalue weighted by molar-refractivity contribution is 7.80. The average molecular weight is 807 g/mol. The van der Waals surface area contributed by atoms with Gasteiger partial charge in [-0.05, 0) is 57.8 Å². The summed E-state index contributed by atoms with van der Waals surface area (Å²) in [6.07, 6.45) is 27.8. The van der Waals surface area contributed by atoms with Crippen molar-refractivity contribution < 1.29 is 56.2 Å². The molecule has 12 nitrogen and oxygen atoms in total. The Morgan fingerprint density at radius 3 is 1.69 bits per heavy atom. The molecule has 0 aliphatic carbocycles. The van der Waals surface area contributed by atoms with E-state index in [9.17, 15) is 28.5 Å². The lowest BCUT2D eigenvalue weighted by atomic mass is 9.99. The molecule has 324 valence electrons. The van der Waals surface area contributed by atoms with Crippen molar-refractivity contribution in [3.05, 3.63) is 24.3 Å². The molecule has 0 saturated carbocycles. The van der Waals surface area contributed by atoms with Crippen molar-refractivity contribution in [1.82, 2.24) is 0 Å². The Hall–Kier alpha value is -1.42. The van der Waals surface area contributed by atoms with Crippen LogP contribution in [0.3, 0.4) is 0 Å². The molecule has 1 heterocycles. The predicted molar refractivity (Wildman–Crippen MR) is 216 cm³/mol. The van der Waals surface area contributed by atoms with Crippen LogP contribution in [0.1, 0.15) is 174 Å². The lowest BCUT2D eigenvalue weighted by molar-refractivity contribution is -0.301. The third-order valence-corrected chi connectivity index (χ3v) is 10.3. The molecule has 0 spiro atoms. The molecule has 0 radical (unpaired) electrons. The second kappa shape index (κ2) is 34.6. The molecular formula is C42H78O12S. The molecule has 6 unspecified atom stereocenters. The Kier molecular flexibility index (Phi) is 32.5. The average Bonchev–Trinajstić information content (AvgIpc) is 3.15. The quantitative estimate of drug-likeness (QED) is 0.0204. The number of aliphatic hydroxyl groups is 3. The first kappa shape index (κ1) is 51.6. The number of ether oxygens (including phenoxy) is 4. The first-order valence-electron chi connectivity index (χ1n) is 21.6. The van der Waals surface area contributed by atoms with Gasteiger partial charge in [0.1, 0.15) is 30.5 Å². The molecule has 6 atom stereocenters. The summed E-state index contributed by atoms with van der Waals surface area (Å²) >= 11 is 0. The molecular weight excluding hydrogens is 729 g/mol. The molecule has 55 heavy (non-hydrogen) atoms. The van der Waals surface area contributed by atoms with E-state index in [0.717, 1.165) is 70.6 Å². The van der Waals surface area contributed by atoms with Gasteiger partial charge in [-0.3, -0.25) is 9.35 Å². The minimum absolute atomic E-state index is 0.0302. The zero-order chi connectivity index (χ0) is 40.4. The molecule has 1 fully saturated rings. The molecule has 13 heteroatoms. The van der Waals surface area contributed by atoms with Gasteiger partial charge in [0.05, 0.1) is 19.8 Å². The number of carbonyl (C=O) groups is 1. The van der Waals surface area contributed by atoms with Gasteiger partial charge in [-0.2, -0.15) is 8.42 Å². The first-order chi connectivity index (χ1) is 26.6. The van der Waals surface area contributed by atoms with E-state index in [1.807, 2.05) is 0 Å². The molecule has 1 aliphatic heterocycles. The van der Waals surface area contributed by atoms with Gasteiger partial charge in [0.2, 0.25) is 0 Å². The van der Waals surface area contributed by atoms with Crippen molar-refractivity contribution in [3.8, 4) is 0 Å². The number of hydrogen-bond donors (Lipinski definition) is 4. The van der Waals surface area contributed by atoms with Crippen molar-refractivity contribution in [1.29, 1.82) is 0 Å². The molecule has 1 aliphatic rings. The second-order valence-electron chi connectivity index (χ2n) is 14.9. The molecule has 4 N–H and O–H groups in total. The van der Waals surface area contributed by atoms with E-state index >= 15 is 0 Å². The van der Waals surface area contributed by atoms with Gasteiger partial charge < -0.3 is 34.3 Å². The maximum Gasteiger partial charge on any atom is 0.397 e. The van der Waals surface area contributed by atoms with E-state index in [1.54, 1.807) is 0 Å². The van der Waals surface area contributed by atoms with Crippen molar-refractivity contribution >= 4 is 16.4 Å². The highest BCUT2D eigenvalue weighted by Gasteiger charge is 2.48. The Morgan fingerprint density at radius 1 is 0.673 bits per heavy atom. The lowest BCUT2D eigenvalue weighted by Gasteiger charge is -2.41. The Bertz CT molecular complexity index is 1070. The fourth-order valence-electron chi connectivity index (χ4n) is 6.47. The summed E-state index contributed by atoms with van der Waals surface area (Å²) in [6.45, 7) is 3.92. The second-order valence-corrected chi connectivity index (χ2v) is 16.0. The normalized spacial score (nSPS) is 21.2. The number of aliphatic hydroxyl groups excluding tert-OH is 3. The summed E-state index contributed by atoms with van der Waals surface area (Å²) in [5, 5.41) is 30.6. The van der Waals surface area contributed by atoms with Crippen molar-refractivity contribution in [3.63, 3.8) is 0 Å². The standard InChI is InChI=1S/C42H78O12S/c1-3-5-7-9-11-13-15-17-18-19-20-21-23-25-27-29-31-38(44)52-36(34-50-32-30-28-26-24-22-16-14-12-10-8-6-4-2)35-51-42-40(46)41(54-55(47,48)49)39(45)37(33-43)53-42/h10,12,18-19,36-37,39-43,45-46H,3-9,11,13-17,20-35H2,1-2H3,(H,47,48,49)/b12-10-,19-18-. The van der Waals surface area contributed by atoms with Gasteiger partial charge in [-0.15, -0.1) is 0 Å². The third-order valence-electron chi connectivity index (χ3n) is 9.80. The minimum atomic E-state index is -5.06. The highest BCUT2D eigenvalue weighted by atomic mass is 32.3. The van der Waals surface area contributed by atoms with E-state index in [1.165, 1.54) is 77.0 Å². The van der Waals surface area contributed by atoms with E-state index in [2.05, 4.69) is 42.3 Å². The fraction of sp³-hybridized carbons (Fsp3) is 0.881. The summed E-state index contributed by atoms with van der Waals surface area (Å²) in [5.41, 5.74) is 0. The molecule has 1 rings (SSSR count). The molecule has 0 bridgehead atoms. The maximum atomic E-state index is 12.8. The van der Waals surface area contributed by atoms with Crippen molar-refractivity contribution in [2.75, 3.05) is 26.4 Å². The minimum Gasteiger partial charge on any atom is -0.457 e. The lowest BCUT2D eigenvalue weighted by Crippen LogP contribution is -2.60. The zero-order valence-electron chi connectivity index (χ0n) is 34.2. The molecule has 0 aromatic carbocycles. The zero-order valence-corrected chi connectivity index (χ0v) is 35.1. The summed E-state index contributed by atoms with van der Waals surface area (Å²) < 4.78 is 58.9. The summed E-state index contributed by atoms with van der Waals surface area (Å²) in [5.74, 6) is -0.410. The predicted octanol–water partition coefficient (Wildman–Crippen LogP) is 8.46. The van der Waals surface area contributed by atoms with E-state index in [4.69, 9.17) is 23.5 Å². The van der Waals surface area contributed by atoms with Crippen LogP contribution < -0.4 is 0 Å². The SMILES string of the molecule is CCCC/C=C\CCCCCCCCOCC(COC1OC(CO)C(O)C(OS(=O)(=O)O)C1O)OC(=O)CCCCCCC/C=C\CCCCCCCCC. The summed E-state index contributed by atoms with van der Waals surface area (Å²) in [6, 6.07) is 0. The molecule has 0 aromatic heterocycles. The van der Waals surface area contributed by atoms with Gasteiger partial charge >= 0.3 is 16.4 Å². The van der Waals surface area contributed by atoms with Gasteiger partial charge in [0, 0.05) is 13.0 Å². The van der Waals surface area contributed by atoms with E-state index < -0.39 is 59.8 Å². The van der Waals surface area contributed by atoms with Crippen LogP contribution in [0.25, 0.3) is 0 Å². The van der Waals surface area contributed by atoms with Crippen LogP contribution in [0.5, 0.6) is 0 Å². The van der Waals surface area contributed by atoms with Gasteiger partial charge in [0.15, 0.2) is 6.29 Å². The summed E-state index contributed by atoms with van der Waals surface area (Å²) in [4.78, 5) is 12.8. The van der Waals surface area contributed by atoms with Crippen LogP contribution >= 0.6 is 0 Å². The Morgan fingerprint density at radius 2 is 1.16 bits per heavy atom. The van der Waals surface area contributed by atoms with E-state index in [-0.39, 0.29) is 19.6 Å². The van der Waals surface area contributed by atoms with Crippen molar-refractivity contribution in [2.24, 2.45) is 0 Å². The van der Waals surface area contributed by atoms with Crippen LogP contribution in [0.2, 0.25) is 0 Å². The smallest absolute Gasteiger partial charge is 0.397 e. The summed E-state index contributed by atoms with van der Waals surface area (Å²) in [7, 11) is -5.06. The number of hydrogen-bond acceptors (Lipinski definition) is 11. The van der Waals surface area contributed by atoms with Crippen LogP contribution in [0.15, 0.2) is 24.3 Å². The third kappa shape index (κ3) is 28.6.